The number of nitrogens with zero attached hydrogens (tertiary/aromatic N) is 5. The number of benzene rings is 5. The number of aromatic nitrogens is 5. The summed E-state index contributed by atoms with van der Waals surface area (Å²) >= 11 is 6.74. The first-order valence-corrected chi connectivity index (χ1v) is 16.4. The van der Waals surface area contributed by atoms with Gasteiger partial charge in [-0.2, -0.15) is 9.97 Å². The van der Waals surface area contributed by atoms with Crippen LogP contribution in [0.2, 0.25) is 5.28 Å². The standard InChI is InChI=1S/C42H32ClN5/c1-42(2,3)30-23-24-44-37(26-30)48-35-20-11-10-17-33(35)34-22-21-29(25-36(34)48)39-45-40(47-41(43)46-39)38-31(27-13-6-4-7-14-27)18-12-19-32(38)28-15-8-5-9-16-28/h4-26H,1-3H3. The maximum Gasteiger partial charge on any atom is 0.226 e. The highest BCUT2D eigenvalue weighted by molar-refractivity contribution is 6.28. The first-order valence-electron chi connectivity index (χ1n) is 16.0. The van der Waals surface area contributed by atoms with Crippen molar-refractivity contribution in [3.8, 4) is 50.8 Å². The van der Waals surface area contributed by atoms with Gasteiger partial charge in [0.15, 0.2) is 11.6 Å². The van der Waals surface area contributed by atoms with Crippen LogP contribution in [0.4, 0.5) is 0 Å². The molecule has 0 aliphatic rings. The maximum absolute atomic E-state index is 6.74. The molecule has 8 rings (SSSR count). The molecular formula is C42H32ClN5. The van der Waals surface area contributed by atoms with E-state index in [2.05, 4.69) is 127 Å². The molecule has 0 unspecified atom stereocenters. The van der Waals surface area contributed by atoms with Gasteiger partial charge in [-0.15, -0.1) is 0 Å². The Hall–Kier alpha value is -5.65. The van der Waals surface area contributed by atoms with Gasteiger partial charge in [-0.3, -0.25) is 4.57 Å². The number of hydrogen-bond donors (Lipinski definition) is 0. The average molecular weight is 642 g/mol. The molecule has 0 atom stereocenters. The Morgan fingerprint density at radius 1 is 0.542 bits per heavy atom. The van der Waals surface area contributed by atoms with Gasteiger partial charge in [0.25, 0.3) is 0 Å². The summed E-state index contributed by atoms with van der Waals surface area (Å²) in [5.74, 6) is 1.88. The minimum absolute atomic E-state index is 0.0196. The van der Waals surface area contributed by atoms with Crippen LogP contribution in [0.5, 0.6) is 0 Å². The van der Waals surface area contributed by atoms with Crippen molar-refractivity contribution in [3.05, 3.63) is 151 Å². The van der Waals surface area contributed by atoms with Crippen molar-refractivity contribution in [2.75, 3.05) is 0 Å². The van der Waals surface area contributed by atoms with Crippen LogP contribution < -0.4 is 0 Å². The molecule has 0 radical (unpaired) electrons. The molecule has 0 N–H and O–H groups in total. The molecule has 0 aliphatic carbocycles. The van der Waals surface area contributed by atoms with Crippen molar-refractivity contribution in [3.63, 3.8) is 0 Å². The maximum atomic E-state index is 6.74. The Kier molecular flexibility index (Phi) is 7.34. The van der Waals surface area contributed by atoms with Gasteiger partial charge in [-0.25, -0.2) is 9.97 Å². The van der Waals surface area contributed by atoms with E-state index in [0.29, 0.717) is 11.6 Å². The Morgan fingerprint density at radius 2 is 1.17 bits per heavy atom. The zero-order valence-electron chi connectivity index (χ0n) is 26.9. The third-order valence-electron chi connectivity index (χ3n) is 8.84. The molecule has 0 bridgehead atoms. The van der Waals surface area contributed by atoms with Gasteiger partial charge in [0, 0.05) is 28.1 Å². The third kappa shape index (κ3) is 5.32. The fourth-order valence-electron chi connectivity index (χ4n) is 6.46. The molecule has 0 amide bonds. The van der Waals surface area contributed by atoms with Gasteiger partial charge in [0.05, 0.1) is 11.0 Å². The largest absolute Gasteiger partial charge is 0.294 e. The van der Waals surface area contributed by atoms with Crippen LogP contribution in [-0.4, -0.2) is 24.5 Å². The smallest absolute Gasteiger partial charge is 0.226 e. The molecule has 48 heavy (non-hydrogen) atoms. The van der Waals surface area contributed by atoms with Gasteiger partial charge in [-0.1, -0.05) is 130 Å². The van der Waals surface area contributed by atoms with Gasteiger partial charge in [0.1, 0.15) is 5.82 Å². The second-order valence-corrected chi connectivity index (χ2v) is 13.3. The van der Waals surface area contributed by atoms with E-state index in [1.807, 2.05) is 42.6 Å². The molecule has 0 spiro atoms. The lowest BCUT2D eigenvalue weighted by Crippen LogP contribution is -2.12. The van der Waals surface area contributed by atoms with E-state index >= 15 is 0 Å². The number of para-hydroxylation sites is 1. The lowest BCUT2D eigenvalue weighted by molar-refractivity contribution is 0.588. The molecule has 0 saturated carbocycles. The molecule has 3 aromatic heterocycles. The minimum Gasteiger partial charge on any atom is -0.294 e. The highest BCUT2D eigenvalue weighted by Crippen LogP contribution is 2.40. The molecule has 5 nitrogen and oxygen atoms in total. The number of hydrogen-bond acceptors (Lipinski definition) is 4. The van der Waals surface area contributed by atoms with Crippen LogP contribution in [0.1, 0.15) is 26.3 Å². The highest BCUT2D eigenvalue weighted by atomic mass is 35.5. The van der Waals surface area contributed by atoms with Crippen molar-refractivity contribution in [1.29, 1.82) is 0 Å². The summed E-state index contributed by atoms with van der Waals surface area (Å²) in [4.78, 5) is 19.4. The molecule has 232 valence electrons. The first-order chi connectivity index (χ1) is 23.3. The van der Waals surface area contributed by atoms with Crippen LogP contribution in [0.3, 0.4) is 0 Å². The summed E-state index contributed by atoms with van der Waals surface area (Å²) in [6, 6.07) is 46.0. The van der Waals surface area contributed by atoms with Crippen LogP contribution in [0.25, 0.3) is 72.7 Å². The number of rotatable bonds is 5. The highest BCUT2D eigenvalue weighted by Gasteiger charge is 2.21. The molecule has 0 saturated heterocycles. The van der Waals surface area contributed by atoms with Gasteiger partial charge >= 0.3 is 0 Å². The SMILES string of the molecule is CC(C)(C)c1ccnc(-n2c3ccccc3c3ccc(-c4nc(Cl)nc(-c5c(-c6ccccc6)cccc5-c5ccccc5)n4)cc32)c1. The van der Waals surface area contributed by atoms with Crippen LogP contribution >= 0.6 is 11.6 Å². The minimum atomic E-state index is -0.0196. The molecule has 5 aromatic carbocycles. The van der Waals surface area contributed by atoms with Crippen LogP contribution in [0.15, 0.2) is 140 Å². The predicted octanol–water partition coefficient (Wildman–Crippen LogP) is 11.0. The Bertz CT molecular complexity index is 2390. The normalized spacial score (nSPS) is 11.8. The summed E-state index contributed by atoms with van der Waals surface area (Å²) in [7, 11) is 0. The van der Waals surface area contributed by atoms with Crippen molar-refractivity contribution in [2.24, 2.45) is 0 Å². The number of halogens is 1. The fourth-order valence-corrected chi connectivity index (χ4v) is 6.62. The fraction of sp³-hybridized carbons (Fsp3) is 0.0952. The van der Waals surface area contributed by atoms with E-state index in [4.69, 9.17) is 26.6 Å². The summed E-state index contributed by atoms with van der Waals surface area (Å²) in [5, 5.41) is 2.41. The zero-order valence-corrected chi connectivity index (χ0v) is 27.6. The van der Waals surface area contributed by atoms with Crippen molar-refractivity contribution >= 4 is 33.4 Å². The Balaban J connectivity index is 1.35. The zero-order chi connectivity index (χ0) is 32.8. The second-order valence-electron chi connectivity index (χ2n) is 12.9. The third-order valence-corrected chi connectivity index (χ3v) is 9.01. The predicted molar refractivity (Wildman–Crippen MR) is 197 cm³/mol. The summed E-state index contributed by atoms with van der Waals surface area (Å²) in [5.41, 5.74) is 9.21. The van der Waals surface area contributed by atoms with E-state index in [1.165, 1.54) is 5.56 Å². The number of fused-ring (bicyclic) bond motifs is 3. The quantitative estimate of drug-likeness (QED) is 0.188. The molecular weight excluding hydrogens is 610 g/mol. The van der Waals surface area contributed by atoms with Gasteiger partial charge < -0.3 is 0 Å². The summed E-state index contributed by atoms with van der Waals surface area (Å²) < 4.78 is 2.23. The summed E-state index contributed by atoms with van der Waals surface area (Å²) in [6.07, 6.45) is 1.90. The van der Waals surface area contributed by atoms with E-state index in [0.717, 1.165) is 61.0 Å². The Morgan fingerprint density at radius 3 is 1.85 bits per heavy atom. The lowest BCUT2D eigenvalue weighted by atomic mass is 9.88. The summed E-state index contributed by atoms with van der Waals surface area (Å²) in [6.45, 7) is 6.66. The van der Waals surface area contributed by atoms with E-state index < -0.39 is 0 Å². The first kappa shape index (κ1) is 29.7. The van der Waals surface area contributed by atoms with Crippen molar-refractivity contribution in [2.45, 2.75) is 26.2 Å². The van der Waals surface area contributed by atoms with Crippen LogP contribution in [0, 0.1) is 0 Å². The van der Waals surface area contributed by atoms with Crippen molar-refractivity contribution in [1.82, 2.24) is 24.5 Å². The van der Waals surface area contributed by atoms with E-state index in [1.54, 1.807) is 0 Å². The van der Waals surface area contributed by atoms with Gasteiger partial charge in [-0.05, 0) is 69.1 Å². The number of pyridine rings is 1. The molecule has 8 aromatic rings. The molecule has 0 fully saturated rings. The van der Waals surface area contributed by atoms with Gasteiger partial charge in [0.2, 0.25) is 5.28 Å². The Labute approximate surface area is 284 Å². The topological polar surface area (TPSA) is 56.5 Å². The van der Waals surface area contributed by atoms with E-state index in [-0.39, 0.29) is 10.7 Å². The average Bonchev–Trinajstić information content (AvgIpc) is 3.45. The lowest BCUT2D eigenvalue weighted by Gasteiger charge is -2.20. The monoisotopic (exact) mass is 641 g/mol. The van der Waals surface area contributed by atoms with Crippen molar-refractivity contribution < 1.29 is 0 Å². The molecule has 3 heterocycles. The molecule has 6 heteroatoms. The molecule has 0 aliphatic heterocycles. The second kappa shape index (κ2) is 11.9. The van der Waals surface area contributed by atoms with Crippen LogP contribution in [-0.2, 0) is 5.41 Å². The van der Waals surface area contributed by atoms with E-state index in [9.17, 15) is 0 Å².